The molecule has 0 saturated carbocycles. The van der Waals surface area contributed by atoms with E-state index >= 15 is 0 Å². The molecule has 0 aromatic carbocycles. The molecular formula is C11H12N2O2S. The quantitative estimate of drug-likeness (QED) is 0.758. The molecule has 0 bridgehead atoms. The zero-order valence-electron chi connectivity index (χ0n) is 8.92. The molecule has 84 valence electrons. The van der Waals surface area contributed by atoms with E-state index in [1.807, 2.05) is 23.6 Å². The number of carbonyl (C=O) groups is 1. The Morgan fingerprint density at radius 1 is 1.69 bits per heavy atom. The molecule has 5 heteroatoms. The minimum absolute atomic E-state index is 0.131. The molecule has 0 amide bonds. The Hall–Kier alpha value is -1.49. The third kappa shape index (κ3) is 2.36. The summed E-state index contributed by atoms with van der Waals surface area (Å²) in [4.78, 5) is 12.6. The molecule has 1 aliphatic heterocycles. The fraction of sp³-hybridized carbons (Fsp3) is 0.364. The van der Waals surface area contributed by atoms with Crippen LogP contribution in [0.3, 0.4) is 0 Å². The maximum atomic E-state index is 11.5. The smallest absolute Gasteiger partial charge is 0.335 e. The van der Waals surface area contributed by atoms with Crippen LogP contribution in [-0.2, 0) is 9.53 Å². The average molecular weight is 236 g/mol. The molecule has 2 heterocycles. The van der Waals surface area contributed by atoms with Crippen LogP contribution in [0.25, 0.3) is 0 Å². The lowest BCUT2D eigenvalue weighted by molar-refractivity contribution is -0.138. The summed E-state index contributed by atoms with van der Waals surface area (Å²) in [5.41, 5.74) is 0.593. The second-order valence-corrected chi connectivity index (χ2v) is 4.27. The summed E-state index contributed by atoms with van der Waals surface area (Å²) in [5, 5.41) is 10.1. The lowest BCUT2D eigenvalue weighted by Gasteiger charge is -2.12. The first-order valence-corrected chi connectivity index (χ1v) is 5.97. The van der Waals surface area contributed by atoms with Crippen LogP contribution in [0.1, 0.15) is 17.8 Å². The maximum absolute atomic E-state index is 11.5. The molecule has 2 rings (SSSR count). The molecule has 0 saturated heterocycles. The number of thiophene rings is 1. The Morgan fingerprint density at radius 3 is 3.25 bits per heavy atom. The van der Waals surface area contributed by atoms with Gasteiger partial charge in [0.15, 0.2) is 0 Å². The van der Waals surface area contributed by atoms with E-state index in [-0.39, 0.29) is 12.0 Å². The molecule has 4 nitrogen and oxygen atoms in total. The predicted molar refractivity (Wildman–Crippen MR) is 61.5 cm³/mol. The molecule has 1 unspecified atom stereocenters. The first-order valence-electron chi connectivity index (χ1n) is 5.09. The first-order chi connectivity index (χ1) is 7.81. The maximum Gasteiger partial charge on any atom is 0.335 e. The lowest BCUT2D eigenvalue weighted by atomic mass is 10.1. The van der Waals surface area contributed by atoms with Gasteiger partial charge in [0.25, 0.3) is 0 Å². The average Bonchev–Trinajstić information content (AvgIpc) is 2.83. The fourth-order valence-corrected chi connectivity index (χ4v) is 2.16. The second kappa shape index (κ2) is 5.03. The molecule has 0 N–H and O–H groups in total. The predicted octanol–water partition coefficient (Wildman–Crippen LogP) is 2.74. The van der Waals surface area contributed by atoms with Crippen LogP contribution in [-0.4, -0.2) is 19.1 Å². The van der Waals surface area contributed by atoms with E-state index in [0.717, 1.165) is 4.88 Å². The number of azo groups is 1. The second-order valence-electron chi connectivity index (χ2n) is 3.29. The van der Waals surface area contributed by atoms with E-state index in [1.54, 1.807) is 18.3 Å². The van der Waals surface area contributed by atoms with Crippen LogP contribution < -0.4 is 0 Å². The number of carbonyl (C=O) groups excluding carboxylic acids is 1. The van der Waals surface area contributed by atoms with E-state index in [1.165, 1.54) is 0 Å². The van der Waals surface area contributed by atoms with Gasteiger partial charge in [0.2, 0.25) is 0 Å². The molecule has 0 aliphatic carbocycles. The van der Waals surface area contributed by atoms with Crippen molar-refractivity contribution in [3.8, 4) is 0 Å². The van der Waals surface area contributed by atoms with E-state index < -0.39 is 0 Å². The van der Waals surface area contributed by atoms with Gasteiger partial charge in [-0.05, 0) is 24.4 Å². The van der Waals surface area contributed by atoms with Crippen molar-refractivity contribution in [2.24, 2.45) is 10.2 Å². The van der Waals surface area contributed by atoms with Crippen LogP contribution in [0.5, 0.6) is 0 Å². The number of hydrogen-bond acceptors (Lipinski definition) is 5. The van der Waals surface area contributed by atoms with Crippen molar-refractivity contribution in [3.63, 3.8) is 0 Å². The van der Waals surface area contributed by atoms with Crippen LogP contribution in [0.4, 0.5) is 0 Å². The van der Waals surface area contributed by atoms with Gasteiger partial charge in [-0.3, -0.25) is 0 Å². The standard InChI is InChI=1S/C11H12N2O2S/c1-2-15-11(14)8-6-9(13-12-7-8)10-4-3-5-16-10/h3-6,9H,2,7H2,1H3. The van der Waals surface area contributed by atoms with Crippen molar-refractivity contribution in [1.29, 1.82) is 0 Å². The van der Waals surface area contributed by atoms with Gasteiger partial charge in [-0.15, -0.1) is 11.3 Å². The number of hydrogen-bond donors (Lipinski definition) is 0. The molecule has 1 aliphatic rings. The topological polar surface area (TPSA) is 51.0 Å². The van der Waals surface area contributed by atoms with Crippen LogP contribution in [0.2, 0.25) is 0 Å². The number of nitrogens with zero attached hydrogens (tertiary/aromatic N) is 2. The van der Waals surface area contributed by atoms with Gasteiger partial charge in [-0.1, -0.05) is 6.07 Å². The first kappa shape index (κ1) is 11.0. The number of ether oxygens (including phenoxy) is 1. The van der Waals surface area contributed by atoms with E-state index in [9.17, 15) is 4.79 Å². The largest absolute Gasteiger partial charge is 0.463 e. The Morgan fingerprint density at radius 2 is 2.56 bits per heavy atom. The summed E-state index contributed by atoms with van der Waals surface area (Å²) >= 11 is 1.61. The highest BCUT2D eigenvalue weighted by Crippen LogP contribution is 2.28. The van der Waals surface area contributed by atoms with Crippen molar-refractivity contribution in [2.45, 2.75) is 13.0 Å². The molecule has 16 heavy (non-hydrogen) atoms. The summed E-state index contributed by atoms with van der Waals surface area (Å²) in [5.74, 6) is -0.289. The van der Waals surface area contributed by atoms with Crippen LogP contribution in [0, 0.1) is 0 Å². The summed E-state index contributed by atoms with van der Waals surface area (Å²) in [6.07, 6.45) is 1.83. The number of esters is 1. The summed E-state index contributed by atoms with van der Waals surface area (Å²) < 4.78 is 4.94. The Kier molecular flexibility index (Phi) is 3.46. The third-order valence-corrected chi connectivity index (χ3v) is 3.12. The monoisotopic (exact) mass is 236 g/mol. The van der Waals surface area contributed by atoms with E-state index in [0.29, 0.717) is 18.7 Å². The zero-order valence-corrected chi connectivity index (χ0v) is 9.74. The minimum Gasteiger partial charge on any atom is -0.463 e. The van der Waals surface area contributed by atoms with Crippen molar-refractivity contribution in [1.82, 2.24) is 0 Å². The summed E-state index contributed by atoms with van der Waals surface area (Å²) in [6, 6.07) is 3.81. The Labute approximate surface area is 97.7 Å². The van der Waals surface area contributed by atoms with Gasteiger partial charge < -0.3 is 4.74 Å². The molecule has 1 atom stereocenters. The highest BCUT2D eigenvalue weighted by molar-refractivity contribution is 7.10. The van der Waals surface area contributed by atoms with Crippen molar-refractivity contribution >= 4 is 17.3 Å². The lowest BCUT2D eigenvalue weighted by Crippen LogP contribution is -2.13. The normalized spacial score (nSPS) is 19.3. The molecule has 0 fully saturated rings. The SMILES string of the molecule is CCOC(=O)C1=CC(c2cccs2)N=NC1. The molecule has 1 aromatic rings. The Bertz CT molecular complexity index is 423. The van der Waals surface area contributed by atoms with Gasteiger partial charge >= 0.3 is 5.97 Å². The van der Waals surface area contributed by atoms with Crippen molar-refractivity contribution in [2.75, 3.05) is 13.2 Å². The van der Waals surface area contributed by atoms with Crippen LogP contribution >= 0.6 is 11.3 Å². The molecule has 0 radical (unpaired) electrons. The van der Waals surface area contributed by atoms with Gasteiger partial charge in [0.05, 0.1) is 18.7 Å². The van der Waals surface area contributed by atoms with Gasteiger partial charge in [-0.25, -0.2) is 4.79 Å². The van der Waals surface area contributed by atoms with Crippen LogP contribution in [0.15, 0.2) is 39.4 Å². The molecule has 0 spiro atoms. The third-order valence-electron chi connectivity index (χ3n) is 2.18. The van der Waals surface area contributed by atoms with E-state index in [4.69, 9.17) is 4.74 Å². The summed E-state index contributed by atoms with van der Waals surface area (Å²) in [6.45, 7) is 2.50. The zero-order chi connectivity index (χ0) is 11.4. The van der Waals surface area contributed by atoms with Crippen molar-refractivity contribution in [3.05, 3.63) is 34.0 Å². The fourth-order valence-electron chi connectivity index (χ4n) is 1.44. The number of rotatable bonds is 3. The highest BCUT2D eigenvalue weighted by Gasteiger charge is 2.19. The summed E-state index contributed by atoms with van der Waals surface area (Å²) in [7, 11) is 0. The Balaban J connectivity index is 2.14. The molecular weight excluding hydrogens is 224 g/mol. The van der Waals surface area contributed by atoms with E-state index in [2.05, 4.69) is 10.2 Å². The minimum atomic E-state index is -0.289. The van der Waals surface area contributed by atoms with Gasteiger partial charge in [-0.2, -0.15) is 10.2 Å². The van der Waals surface area contributed by atoms with Gasteiger partial charge in [0.1, 0.15) is 6.04 Å². The van der Waals surface area contributed by atoms with Gasteiger partial charge in [0, 0.05) is 4.88 Å². The van der Waals surface area contributed by atoms with Crippen molar-refractivity contribution < 1.29 is 9.53 Å². The highest BCUT2D eigenvalue weighted by atomic mass is 32.1. The molecule has 1 aromatic heterocycles.